The van der Waals surface area contributed by atoms with Crippen LogP contribution in [0.5, 0.6) is 0 Å². The van der Waals surface area contributed by atoms with E-state index in [0.29, 0.717) is 6.42 Å². The summed E-state index contributed by atoms with van der Waals surface area (Å²) < 4.78 is 0. The zero-order chi connectivity index (χ0) is 12.3. The lowest BCUT2D eigenvalue weighted by molar-refractivity contribution is 0.177. The van der Waals surface area contributed by atoms with Crippen LogP contribution in [-0.4, -0.2) is 33.9 Å². The molecule has 1 unspecified atom stereocenters. The first-order chi connectivity index (χ1) is 8.20. The summed E-state index contributed by atoms with van der Waals surface area (Å²) in [6.07, 6.45) is 1.19. The van der Waals surface area contributed by atoms with Gasteiger partial charge in [0.2, 0.25) is 0 Å². The molecule has 0 aliphatic heterocycles. The molecule has 0 fully saturated rings. The molecule has 2 aromatic rings. The van der Waals surface area contributed by atoms with Crippen LogP contribution in [-0.2, 0) is 6.42 Å². The molecule has 1 aromatic carbocycles. The zero-order valence-electron chi connectivity index (χ0n) is 9.18. The second-order valence-electron chi connectivity index (χ2n) is 3.89. The quantitative estimate of drug-likeness (QED) is 0.644. The van der Waals surface area contributed by atoms with Crippen molar-refractivity contribution in [2.24, 2.45) is 0 Å². The number of aliphatic hydroxyl groups is 1. The van der Waals surface area contributed by atoms with Gasteiger partial charge >= 0.3 is 6.09 Å². The first kappa shape index (κ1) is 11.5. The Bertz CT molecular complexity index is 521. The highest BCUT2D eigenvalue weighted by atomic mass is 16.4. The number of para-hydroxylation sites is 1. The van der Waals surface area contributed by atoms with Gasteiger partial charge in [-0.3, -0.25) is 0 Å². The van der Waals surface area contributed by atoms with Crippen molar-refractivity contribution in [2.45, 2.75) is 12.5 Å². The molecular weight excluding hydrogens is 220 g/mol. The van der Waals surface area contributed by atoms with Crippen LogP contribution >= 0.6 is 0 Å². The minimum absolute atomic E-state index is 0.216. The van der Waals surface area contributed by atoms with Crippen molar-refractivity contribution in [1.82, 2.24) is 10.3 Å². The standard InChI is InChI=1S/C12H14N2O3/c15-7-9(14-12(16)17)5-8-6-13-11-4-2-1-3-10(8)11/h1-4,6,9,13-15H,5,7H2,(H,16,17). The molecule has 1 aromatic heterocycles. The zero-order valence-corrected chi connectivity index (χ0v) is 9.18. The smallest absolute Gasteiger partial charge is 0.404 e. The van der Waals surface area contributed by atoms with Crippen LogP contribution in [0.2, 0.25) is 0 Å². The molecule has 0 saturated heterocycles. The number of nitrogens with one attached hydrogen (secondary N) is 2. The van der Waals surface area contributed by atoms with Crippen molar-refractivity contribution in [1.29, 1.82) is 0 Å². The van der Waals surface area contributed by atoms with Gasteiger partial charge in [-0.05, 0) is 18.1 Å². The Balaban J connectivity index is 2.19. The van der Waals surface area contributed by atoms with Gasteiger partial charge in [-0.2, -0.15) is 0 Å². The van der Waals surface area contributed by atoms with E-state index in [-0.39, 0.29) is 6.61 Å². The van der Waals surface area contributed by atoms with Gasteiger partial charge in [0.15, 0.2) is 0 Å². The fraction of sp³-hybridized carbons (Fsp3) is 0.250. The van der Waals surface area contributed by atoms with Gasteiger partial charge in [-0.25, -0.2) is 4.79 Å². The van der Waals surface area contributed by atoms with Crippen LogP contribution in [0, 0.1) is 0 Å². The lowest BCUT2D eigenvalue weighted by Gasteiger charge is -2.13. The van der Waals surface area contributed by atoms with E-state index in [4.69, 9.17) is 10.2 Å². The highest BCUT2D eigenvalue weighted by Gasteiger charge is 2.13. The normalized spacial score (nSPS) is 12.5. The number of aromatic amines is 1. The van der Waals surface area contributed by atoms with Crippen molar-refractivity contribution in [3.8, 4) is 0 Å². The molecule has 0 radical (unpaired) electrons. The molecular formula is C12H14N2O3. The lowest BCUT2D eigenvalue weighted by Crippen LogP contribution is -2.38. The SMILES string of the molecule is O=C(O)NC(CO)Cc1c[nH]c2ccccc12. The summed E-state index contributed by atoms with van der Waals surface area (Å²) in [6.45, 7) is -0.216. The molecule has 5 nitrogen and oxygen atoms in total. The van der Waals surface area contributed by atoms with Crippen molar-refractivity contribution >= 4 is 17.0 Å². The molecule has 90 valence electrons. The molecule has 1 atom stereocenters. The first-order valence-electron chi connectivity index (χ1n) is 5.36. The summed E-state index contributed by atoms with van der Waals surface area (Å²) in [4.78, 5) is 13.6. The highest BCUT2D eigenvalue weighted by molar-refractivity contribution is 5.83. The largest absolute Gasteiger partial charge is 0.465 e. The maximum Gasteiger partial charge on any atom is 0.404 e. The molecule has 1 amide bonds. The second kappa shape index (κ2) is 4.88. The summed E-state index contributed by atoms with van der Waals surface area (Å²) in [7, 11) is 0. The summed E-state index contributed by atoms with van der Waals surface area (Å²) >= 11 is 0. The number of rotatable bonds is 4. The lowest BCUT2D eigenvalue weighted by atomic mass is 10.1. The Kier molecular flexibility index (Phi) is 3.30. The summed E-state index contributed by atoms with van der Waals surface area (Å²) in [5.74, 6) is 0. The average molecular weight is 234 g/mol. The van der Waals surface area contributed by atoms with Crippen molar-refractivity contribution < 1.29 is 15.0 Å². The van der Waals surface area contributed by atoms with Crippen LogP contribution in [0.15, 0.2) is 30.5 Å². The Labute approximate surface area is 98.1 Å². The highest BCUT2D eigenvalue weighted by Crippen LogP contribution is 2.18. The number of carbonyl (C=O) groups is 1. The monoisotopic (exact) mass is 234 g/mol. The average Bonchev–Trinajstić information content (AvgIpc) is 2.71. The fourth-order valence-electron chi connectivity index (χ4n) is 1.90. The molecule has 2 rings (SSSR count). The van der Waals surface area contributed by atoms with Crippen LogP contribution in [0.25, 0.3) is 10.9 Å². The molecule has 0 aliphatic rings. The minimum Gasteiger partial charge on any atom is -0.465 e. The second-order valence-corrected chi connectivity index (χ2v) is 3.89. The predicted octanol–water partition coefficient (Wildman–Crippen LogP) is 1.34. The van der Waals surface area contributed by atoms with Crippen molar-refractivity contribution in [3.05, 3.63) is 36.0 Å². The third-order valence-corrected chi connectivity index (χ3v) is 2.69. The number of benzene rings is 1. The molecule has 0 bridgehead atoms. The molecule has 1 heterocycles. The van der Waals surface area contributed by atoms with Crippen molar-refractivity contribution in [2.75, 3.05) is 6.61 Å². The maximum atomic E-state index is 10.5. The van der Waals surface area contributed by atoms with E-state index in [2.05, 4.69) is 10.3 Å². The Morgan fingerprint density at radius 1 is 1.41 bits per heavy atom. The number of H-pyrrole nitrogens is 1. The van der Waals surface area contributed by atoms with Crippen molar-refractivity contribution in [3.63, 3.8) is 0 Å². The van der Waals surface area contributed by atoms with Gasteiger partial charge in [0.05, 0.1) is 12.6 Å². The number of aliphatic hydroxyl groups excluding tert-OH is 1. The Hall–Kier alpha value is -2.01. The fourth-order valence-corrected chi connectivity index (χ4v) is 1.90. The van der Waals surface area contributed by atoms with Crippen LogP contribution in [0.1, 0.15) is 5.56 Å². The topological polar surface area (TPSA) is 85.3 Å². The summed E-state index contributed by atoms with van der Waals surface area (Å²) in [6, 6.07) is 7.31. The van der Waals surface area contributed by atoms with Gasteiger partial charge in [0, 0.05) is 17.1 Å². The number of hydrogen-bond acceptors (Lipinski definition) is 2. The molecule has 0 aliphatic carbocycles. The number of carboxylic acid groups (broad SMARTS) is 1. The van der Waals surface area contributed by atoms with Gasteiger partial charge in [0.1, 0.15) is 0 Å². The minimum atomic E-state index is -1.12. The van der Waals surface area contributed by atoms with E-state index in [9.17, 15) is 4.79 Å². The van der Waals surface area contributed by atoms with E-state index in [1.54, 1.807) is 0 Å². The van der Waals surface area contributed by atoms with E-state index in [1.165, 1.54) is 0 Å². The molecule has 17 heavy (non-hydrogen) atoms. The first-order valence-corrected chi connectivity index (χ1v) is 5.36. The van der Waals surface area contributed by atoms with Gasteiger partial charge in [0.25, 0.3) is 0 Å². The molecule has 4 N–H and O–H groups in total. The number of aromatic nitrogens is 1. The van der Waals surface area contributed by atoms with Crippen LogP contribution < -0.4 is 5.32 Å². The Morgan fingerprint density at radius 2 is 2.18 bits per heavy atom. The molecule has 0 spiro atoms. The van der Waals surface area contributed by atoms with Crippen LogP contribution in [0.3, 0.4) is 0 Å². The van der Waals surface area contributed by atoms with Crippen LogP contribution in [0.4, 0.5) is 4.79 Å². The maximum absolute atomic E-state index is 10.5. The Morgan fingerprint density at radius 3 is 2.88 bits per heavy atom. The number of fused-ring (bicyclic) bond motifs is 1. The molecule has 5 heteroatoms. The summed E-state index contributed by atoms with van der Waals surface area (Å²) in [5, 5.41) is 21.1. The summed E-state index contributed by atoms with van der Waals surface area (Å²) in [5.41, 5.74) is 2.00. The number of hydrogen-bond donors (Lipinski definition) is 4. The number of amides is 1. The van der Waals surface area contributed by atoms with E-state index >= 15 is 0 Å². The molecule has 0 saturated carbocycles. The van der Waals surface area contributed by atoms with E-state index in [0.717, 1.165) is 16.5 Å². The third-order valence-electron chi connectivity index (χ3n) is 2.69. The van der Waals surface area contributed by atoms with E-state index in [1.807, 2.05) is 30.5 Å². The van der Waals surface area contributed by atoms with E-state index < -0.39 is 12.1 Å². The van der Waals surface area contributed by atoms with Gasteiger partial charge in [-0.1, -0.05) is 18.2 Å². The predicted molar refractivity (Wildman–Crippen MR) is 64.0 cm³/mol. The third kappa shape index (κ3) is 2.57. The van der Waals surface area contributed by atoms with Gasteiger partial charge < -0.3 is 20.5 Å². The van der Waals surface area contributed by atoms with Gasteiger partial charge in [-0.15, -0.1) is 0 Å².